The van der Waals surface area contributed by atoms with Crippen LogP contribution in [0.15, 0.2) is 42.5 Å². The molecule has 2 aromatic carbocycles. The van der Waals surface area contributed by atoms with Gasteiger partial charge >= 0.3 is 6.36 Å². The minimum absolute atomic E-state index is 0.0118. The van der Waals surface area contributed by atoms with Gasteiger partial charge in [0.2, 0.25) is 0 Å². The molecule has 2 atom stereocenters. The summed E-state index contributed by atoms with van der Waals surface area (Å²) < 4.78 is 67.4. The smallest absolute Gasteiger partial charge is 0.406 e. The van der Waals surface area contributed by atoms with E-state index in [0.29, 0.717) is 25.2 Å². The molecule has 0 saturated carbocycles. The highest BCUT2D eigenvalue weighted by Crippen LogP contribution is 2.27. The number of ether oxygens (including phenoxy) is 1. The molecule has 0 spiro atoms. The van der Waals surface area contributed by atoms with Gasteiger partial charge in [0.15, 0.2) is 0 Å². The lowest BCUT2D eigenvalue weighted by Gasteiger charge is -2.20. The topological polar surface area (TPSA) is 45.3 Å². The largest absolute Gasteiger partial charge is 0.573 e. The summed E-state index contributed by atoms with van der Waals surface area (Å²) in [4.78, 5) is 0. The van der Waals surface area contributed by atoms with Crippen LogP contribution in [-0.2, 0) is 6.54 Å². The normalized spacial score (nSPS) is 20.0. The summed E-state index contributed by atoms with van der Waals surface area (Å²) in [7, 11) is 0. The molecule has 3 N–H and O–H groups in total. The van der Waals surface area contributed by atoms with E-state index in [0.717, 1.165) is 11.6 Å². The summed E-state index contributed by atoms with van der Waals surface area (Å²) in [6.07, 6.45) is -4.72. The summed E-state index contributed by atoms with van der Waals surface area (Å²) in [5.74, 6) is -1.50. The molecule has 2 unspecified atom stereocenters. The number of hydrogen-bond donors (Lipinski definition) is 3. The quantitative estimate of drug-likeness (QED) is 0.665. The van der Waals surface area contributed by atoms with Gasteiger partial charge in [0, 0.05) is 37.2 Å². The van der Waals surface area contributed by atoms with E-state index in [1.807, 2.05) is 0 Å². The van der Waals surface area contributed by atoms with E-state index in [-0.39, 0.29) is 17.7 Å². The molecule has 2 aromatic rings. The standard InChI is InChI=1S/C18H18F5N3O/c19-13-3-6-15(16(20)7-13)17-12(10-25-26-17)9-24-8-11-1-4-14(5-2-11)27-18(21,22)23/h1-7,12,17,24-26H,8-10H2. The molecule has 1 aliphatic rings. The fraction of sp³-hybridized carbons (Fsp3) is 0.333. The molecule has 3 rings (SSSR count). The summed E-state index contributed by atoms with van der Waals surface area (Å²) in [6, 6.07) is 8.74. The predicted molar refractivity (Wildman–Crippen MR) is 88.6 cm³/mol. The van der Waals surface area contributed by atoms with Crippen molar-refractivity contribution in [3.63, 3.8) is 0 Å². The first kappa shape index (κ1) is 19.5. The van der Waals surface area contributed by atoms with Crippen LogP contribution < -0.4 is 20.9 Å². The van der Waals surface area contributed by atoms with E-state index in [1.165, 1.54) is 36.4 Å². The SMILES string of the molecule is Fc1ccc(C2NNCC2CNCc2ccc(OC(F)(F)F)cc2)c(F)c1. The van der Waals surface area contributed by atoms with Gasteiger partial charge in [0.1, 0.15) is 17.4 Å². The van der Waals surface area contributed by atoms with E-state index in [4.69, 9.17) is 0 Å². The van der Waals surface area contributed by atoms with E-state index in [1.54, 1.807) is 0 Å². The molecule has 0 amide bonds. The third kappa shape index (κ3) is 5.38. The second-order valence-corrected chi connectivity index (χ2v) is 6.25. The second-order valence-electron chi connectivity index (χ2n) is 6.25. The molecule has 0 aliphatic carbocycles. The molecule has 9 heteroatoms. The summed E-state index contributed by atoms with van der Waals surface area (Å²) >= 11 is 0. The van der Waals surface area contributed by atoms with Crippen LogP contribution in [-0.4, -0.2) is 19.5 Å². The van der Waals surface area contributed by atoms with Gasteiger partial charge in [-0.3, -0.25) is 5.43 Å². The molecule has 1 saturated heterocycles. The maximum absolute atomic E-state index is 14.0. The van der Waals surface area contributed by atoms with Crippen LogP contribution in [0.2, 0.25) is 0 Å². The van der Waals surface area contributed by atoms with Crippen LogP contribution >= 0.6 is 0 Å². The number of halogens is 5. The molecular formula is C18H18F5N3O. The van der Waals surface area contributed by atoms with Gasteiger partial charge in [-0.15, -0.1) is 13.2 Å². The Morgan fingerprint density at radius 1 is 1.07 bits per heavy atom. The minimum atomic E-state index is -4.72. The van der Waals surface area contributed by atoms with Crippen LogP contribution in [0.5, 0.6) is 5.75 Å². The average molecular weight is 387 g/mol. The van der Waals surface area contributed by atoms with Crippen molar-refractivity contribution < 1.29 is 26.7 Å². The fourth-order valence-electron chi connectivity index (χ4n) is 3.02. The Labute approximate surface area is 152 Å². The van der Waals surface area contributed by atoms with Crippen LogP contribution in [0.1, 0.15) is 17.2 Å². The molecule has 4 nitrogen and oxygen atoms in total. The zero-order valence-electron chi connectivity index (χ0n) is 14.1. The van der Waals surface area contributed by atoms with Crippen LogP contribution in [0.3, 0.4) is 0 Å². The van der Waals surface area contributed by atoms with Crippen molar-refractivity contribution in [2.75, 3.05) is 13.1 Å². The van der Waals surface area contributed by atoms with Crippen LogP contribution in [0.4, 0.5) is 22.0 Å². The maximum atomic E-state index is 14.0. The molecule has 1 heterocycles. The number of benzene rings is 2. The monoisotopic (exact) mass is 387 g/mol. The van der Waals surface area contributed by atoms with Gasteiger partial charge in [-0.25, -0.2) is 14.2 Å². The van der Waals surface area contributed by atoms with E-state index < -0.39 is 18.0 Å². The van der Waals surface area contributed by atoms with Crippen LogP contribution in [0.25, 0.3) is 0 Å². The Bertz CT molecular complexity index is 767. The summed E-state index contributed by atoms with van der Waals surface area (Å²) in [5, 5.41) is 3.20. The lowest BCUT2D eigenvalue weighted by molar-refractivity contribution is -0.274. The number of alkyl halides is 3. The summed E-state index contributed by atoms with van der Waals surface area (Å²) in [6.45, 7) is 1.55. The predicted octanol–water partition coefficient (Wildman–Crippen LogP) is 3.42. The number of nitrogens with one attached hydrogen (secondary N) is 3. The van der Waals surface area contributed by atoms with Crippen molar-refractivity contribution in [1.82, 2.24) is 16.2 Å². The Kier molecular flexibility index (Phi) is 5.93. The Morgan fingerprint density at radius 3 is 2.48 bits per heavy atom. The zero-order valence-corrected chi connectivity index (χ0v) is 14.1. The molecule has 0 aromatic heterocycles. The number of hydrazine groups is 1. The minimum Gasteiger partial charge on any atom is -0.406 e. The van der Waals surface area contributed by atoms with Crippen molar-refractivity contribution in [2.24, 2.45) is 5.92 Å². The molecule has 0 radical (unpaired) electrons. The van der Waals surface area contributed by atoms with Gasteiger partial charge in [-0.2, -0.15) is 0 Å². The molecule has 27 heavy (non-hydrogen) atoms. The molecule has 1 aliphatic heterocycles. The van der Waals surface area contributed by atoms with Crippen molar-refractivity contribution in [2.45, 2.75) is 18.9 Å². The molecule has 0 bridgehead atoms. The highest BCUT2D eigenvalue weighted by Gasteiger charge is 2.31. The van der Waals surface area contributed by atoms with Crippen molar-refractivity contribution in [3.05, 3.63) is 65.2 Å². The van der Waals surface area contributed by atoms with Gasteiger partial charge in [-0.05, 0) is 23.8 Å². The van der Waals surface area contributed by atoms with Gasteiger partial charge in [0.25, 0.3) is 0 Å². The first-order valence-electron chi connectivity index (χ1n) is 8.30. The first-order valence-corrected chi connectivity index (χ1v) is 8.30. The van der Waals surface area contributed by atoms with E-state index in [9.17, 15) is 22.0 Å². The zero-order chi connectivity index (χ0) is 19.4. The van der Waals surface area contributed by atoms with E-state index >= 15 is 0 Å². The van der Waals surface area contributed by atoms with Gasteiger partial charge in [-0.1, -0.05) is 18.2 Å². The Hall–Kier alpha value is -2.23. The van der Waals surface area contributed by atoms with Crippen molar-refractivity contribution in [3.8, 4) is 5.75 Å². The third-order valence-corrected chi connectivity index (χ3v) is 4.28. The second kappa shape index (κ2) is 8.20. The van der Waals surface area contributed by atoms with E-state index in [2.05, 4.69) is 20.9 Å². The van der Waals surface area contributed by atoms with Crippen molar-refractivity contribution >= 4 is 0 Å². The number of hydrogen-bond acceptors (Lipinski definition) is 4. The Balaban J connectivity index is 1.53. The molecule has 1 fully saturated rings. The molecular weight excluding hydrogens is 369 g/mol. The first-order chi connectivity index (χ1) is 12.8. The number of rotatable bonds is 6. The lowest BCUT2D eigenvalue weighted by atomic mass is 9.94. The summed E-state index contributed by atoms with van der Waals surface area (Å²) in [5.41, 5.74) is 7.11. The Morgan fingerprint density at radius 2 is 1.81 bits per heavy atom. The highest BCUT2D eigenvalue weighted by molar-refractivity contribution is 5.27. The van der Waals surface area contributed by atoms with Crippen LogP contribution in [0, 0.1) is 17.6 Å². The third-order valence-electron chi connectivity index (χ3n) is 4.28. The maximum Gasteiger partial charge on any atom is 0.573 e. The average Bonchev–Trinajstić information content (AvgIpc) is 3.03. The molecule has 146 valence electrons. The lowest BCUT2D eigenvalue weighted by Crippen LogP contribution is -2.29. The van der Waals surface area contributed by atoms with Gasteiger partial charge in [0.05, 0.1) is 6.04 Å². The highest BCUT2D eigenvalue weighted by atomic mass is 19.4. The van der Waals surface area contributed by atoms with Crippen molar-refractivity contribution in [1.29, 1.82) is 0 Å². The fourth-order valence-corrected chi connectivity index (χ4v) is 3.02. The van der Waals surface area contributed by atoms with Gasteiger partial charge < -0.3 is 10.1 Å².